The second kappa shape index (κ2) is 9.29. The Morgan fingerprint density at radius 3 is 2.76 bits per heavy atom. The summed E-state index contributed by atoms with van der Waals surface area (Å²) in [6.45, 7) is 0.434. The van der Waals surface area contributed by atoms with Gasteiger partial charge in [-0.3, -0.25) is 9.48 Å². The minimum atomic E-state index is -0.129. The zero-order valence-electron chi connectivity index (χ0n) is 21.3. The number of aromatic nitrogens is 4. The van der Waals surface area contributed by atoms with Crippen LogP contribution in [0.4, 0.5) is 17.2 Å². The Kier molecular flexibility index (Phi) is 5.81. The first-order chi connectivity index (χ1) is 18.0. The van der Waals surface area contributed by atoms with Gasteiger partial charge in [0, 0.05) is 63.0 Å². The number of hydrogen-bond acceptors (Lipinski definition) is 5. The molecule has 0 saturated carbocycles. The molecular weight excluding hydrogens is 464 g/mol. The first kappa shape index (κ1) is 23.1. The Hall–Kier alpha value is -4.30. The van der Waals surface area contributed by atoms with E-state index in [1.807, 2.05) is 49.6 Å². The van der Waals surface area contributed by atoms with E-state index in [0.717, 1.165) is 40.7 Å². The normalized spacial score (nSPS) is 14.1. The second-order valence-electron chi connectivity index (χ2n) is 9.53. The standard InChI is InChI=1S/C29H30N6O2/c1-32-18-25(34-13-14-35-22(17-34)15-21-11-7-8-12-24(21)35)27(20-9-5-4-6-10-20)28(29(32)36)30-26-16-23(19-37-3)33(2)31-26/h4-6,9-10,12-18H,7-8,11,19H2,1-3H3,(H,30,31). The van der Waals surface area contributed by atoms with E-state index in [9.17, 15) is 4.79 Å². The molecule has 6 rings (SSSR count). The summed E-state index contributed by atoms with van der Waals surface area (Å²) in [7, 11) is 5.30. The van der Waals surface area contributed by atoms with Crippen LogP contribution >= 0.6 is 0 Å². The van der Waals surface area contributed by atoms with Gasteiger partial charge in [0.05, 0.1) is 23.3 Å². The molecule has 0 amide bonds. The van der Waals surface area contributed by atoms with Gasteiger partial charge in [0.1, 0.15) is 5.69 Å². The van der Waals surface area contributed by atoms with Gasteiger partial charge in [-0.1, -0.05) is 36.4 Å². The minimum Gasteiger partial charge on any atom is -0.378 e. The SMILES string of the molecule is COCc1cc(Nc2c(-c3ccccc3)c(N3C=Cn4c(cc5c4=CCCC5)=C3)cn(C)c2=O)nn1C. The number of ether oxygens (including phenoxy) is 1. The molecule has 4 aromatic rings. The number of aryl methyl sites for hydroxylation is 3. The van der Waals surface area contributed by atoms with Crippen molar-refractivity contribution in [3.63, 3.8) is 0 Å². The molecule has 3 aromatic heterocycles. The Labute approximate surface area is 215 Å². The lowest BCUT2D eigenvalue weighted by molar-refractivity contribution is 0.178. The van der Waals surface area contributed by atoms with Crippen LogP contribution < -0.4 is 26.5 Å². The summed E-state index contributed by atoms with van der Waals surface area (Å²) in [5.41, 5.74) is 5.31. The predicted octanol–water partition coefficient (Wildman–Crippen LogP) is 3.28. The topological polar surface area (TPSA) is 69.2 Å². The number of anilines is 3. The van der Waals surface area contributed by atoms with Gasteiger partial charge in [0.2, 0.25) is 0 Å². The van der Waals surface area contributed by atoms with Gasteiger partial charge in [-0.25, -0.2) is 0 Å². The van der Waals surface area contributed by atoms with Crippen molar-refractivity contribution >= 4 is 35.7 Å². The Bertz CT molecular complexity index is 1690. The molecule has 0 fully saturated rings. The van der Waals surface area contributed by atoms with E-state index in [1.54, 1.807) is 23.4 Å². The summed E-state index contributed by atoms with van der Waals surface area (Å²) in [6, 6.07) is 14.2. The zero-order chi connectivity index (χ0) is 25.5. The van der Waals surface area contributed by atoms with E-state index in [-0.39, 0.29) is 5.56 Å². The lowest BCUT2D eigenvalue weighted by Crippen LogP contribution is -2.31. The van der Waals surface area contributed by atoms with Crippen LogP contribution in [0.3, 0.4) is 0 Å². The monoisotopic (exact) mass is 494 g/mol. The van der Waals surface area contributed by atoms with Crippen LogP contribution in [0, 0.1) is 0 Å². The molecule has 0 atom stereocenters. The molecule has 0 bridgehead atoms. The fraction of sp³-hybridized carbons (Fsp3) is 0.241. The lowest BCUT2D eigenvalue weighted by Gasteiger charge is -2.25. The number of pyridine rings is 1. The average molecular weight is 495 g/mol. The van der Waals surface area contributed by atoms with E-state index in [4.69, 9.17) is 4.74 Å². The second-order valence-corrected chi connectivity index (χ2v) is 9.53. The number of rotatable bonds is 6. The molecule has 0 unspecified atom stereocenters. The van der Waals surface area contributed by atoms with Gasteiger partial charge >= 0.3 is 0 Å². The number of fused-ring (bicyclic) bond motifs is 3. The summed E-state index contributed by atoms with van der Waals surface area (Å²) in [5, 5.41) is 10.3. The predicted molar refractivity (Wildman–Crippen MR) is 148 cm³/mol. The fourth-order valence-electron chi connectivity index (χ4n) is 5.22. The molecule has 8 nitrogen and oxygen atoms in total. The van der Waals surface area contributed by atoms with Crippen LogP contribution in [0.25, 0.3) is 29.6 Å². The zero-order valence-corrected chi connectivity index (χ0v) is 21.3. The Morgan fingerprint density at radius 2 is 1.95 bits per heavy atom. The van der Waals surface area contributed by atoms with Gasteiger partial charge in [-0.05, 0) is 36.5 Å². The molecule has 8 heteroatoms. The maximum Gasteiger partial charge on any atom is 0.274 e. The molecule has 1 aliphatic carbocycles. The van der Waals surface area contributed by atoms with Crippen molar-refractivity contribution in [2.45, 2.75) is 25.9 Å². The number of hydrogen-bond donors (Lipinski definition) is 1. The molecule has 0 saturated heterocycles. The fourth-order valence-corrected chi connectivity index (χ4v) is 5.22. The van der Waals surface area contributed by atoms with Crippen LogP contribution in [0.5, 0.6) is 0 Å². The van der Waals surface area contributed by atoms with Crippen LogP contribution in [0.1, 0.15) is 24.1 Å². The molecule has 37 heavy (non-hydrogen) atoms. The summed E-state index contributed by atoms with van der Waals surface area (Å²) in [4.78, 5) is 15.6. The molecule has 0 radical (unpaired) electrons. The first-order valence-electron chi connectivity index (χ1n) is 12.5. The van der Waals surface area contributed by atoms with Crippen molar-refractivity contribution in [3.8, 4) is 11.1 Å². The minimum absolute atomic E-state index is 0.129. The third kappa shape index (κ3) is 4.09. The lowest BCUT2D eigenvalue weighted by atomic mass is 10.0. The third-order valence-corrected chi connectivity index (χ3v) is 7.04. The number of methoxy groups -OCH3 is 1. The van der Waals surface area contributed by atoms with E-state index < -0.39 is 0 Å². The largest absolute Gasteiger partial charge is 0.378 e. The Morgan fingerprint density at radius 1 is 1.11 bits per heavy atom. The number of nitrogens with zero attached hydrogens (tertiary/aromatic N) is 5. The maximum absolute atomic E-state index is 13.5. The smallest absolute Gasteiger partial charge is 0.274 e. The Balaban J connectivity index is 1.53. The van der Waals surface area contributed by atoms with Crippen molar-refractivity contribution < 1.29 is 4.74 Å². The average Bonchev–Trinajstić information content (AvgIpc) is 3.46. The quantitative estimate of drug-likeness (QED) is 0.446. The number of nitrogens with one attached hydrogen (secondary N) is 1. The van der Waals surface area contributed by atoms with Crippen molar-refractivity contribution in [1.82, 2.24) is 18.9 Å². The summed E-state index contributed by atoms with van der Waals surface area (Å²) in [6.07, 6.45) is 13.9. The highest BCUT2D eigenvalue weighted by Gasteiger charge is 2.22. The molecule has 1 aromatic carbocycles. The van der Waals surface area contributed by atoms with Crippen molar-refractivity contribution in [3.05, 3.63) is 87.2 Å². The van der Waals surface area contributed by atoms with Gasteiger partial charge in [-0.15, -0.1) is 0 Å². The molecular formula is C29H30N6O2. The molecule has 188 valence electrons. The van der Waals surface area contributed by atoms with Gasteiger partial charge < -0.3 is 24.1 Å². The van der Waals surface area contributed by atoms with E-state index in [2.05, 4.69) is 50.6 Å². The van der Waals surface area contributed by atoms with Gasteiger partial charge in [0.25, 0.3) is 5.56 Å². The van der Waals surface area contributed by atoms with Crippen LogP contribution in [0.2, 0.25) is 0 Å². The highest BCUT2D eigenvalue weighted by atomic mass is 16.5. The summed E-state index contributed by atoms with van der Waals surface area (Å²) >= 11 is 0. The van der Waals surface area contributed by atoms with Gasteiger partial charge in [0.15, 0.2) is 5.82 Å². The first-order valence-corrected chi connectivity index (χ1v) is 12.5. The molecule has 2 aliphatic rings. The van der Waals surface area contributed by atoms with Crippen molar-refractivity contribution in [1.29, 1.82) is 0 Å². The molecule has 0 spiro atoms. The van der Waals surface area contributed by atoms with Crippen LogP contribution in [-0.2, 0) is 31.9 Å². The van der Waals surface area contributed by atoms with Crippen LogP contribution in [-0.4, -0.2) is 26.0 Å². The maximum atomic E-state index is 13.5. The molecule has 4 heterocycles. The summed E-state index contributed by atoms with van der Waals surface area (Å²) < 4.78 is 10.9. The highest BCUT2D eigenvalue weighted by Crippen LogP contribution is 2.37. The van der Waals surface area contributed by atoms with E-state index in [0.29, 0.717) is 18.1 Å². The highest BCUT2D eigenvalue weighted by molar-refractivity contribution is 5.92. The van der Waals surface area contributed by atoms with Crippen molar-refractivity contribution in [2.75, 3.05) is 17.3 Å². The van der Waals surface area contributed by atoms with Crippen LogP contribution in [0.15, 0.2) is 59.7 Å². The third-order valence-electron chi connectivity index (χ3n) is 7.04. The molecule has 1 aliphatic heterocycles. The van der Waals surface area contributed by atoms with Gasteiger partial charge in [-0.2, -0.15) is 5.10 Å². The molecule has 1 N–H and O–H groups in total. The number of benzene rings is 1. The van der Waals surface area contributed by atoms with E-state index in [1.165, 1.54) is 17.3 Å². The van der Waals surface area contributed by atoms with E-state index >= 15 is 0 Å². The summed E-state index contributed by atoms with van der Waals surface area (Å²) in [5.74, 6) is 0.594. The van der Waals surface area contributed by atoms with Crippen molar-refractivity contribution in [2.24, 2.45) is 14.1 Å².